The Hall–Kier alpha value is -1.45. The number of halogens is 2. The zero-order chi connectivity index (χ0) is 9.84. The van der Waals surface area contributed by atoms with Crippen LogP contribution in [0.5, 0.6) is 0 Å². The molecule has 0 saturated carbocycles. The molecule has 0 aromatic heterocycles. The van der Waals surface area contributed by atoms with Gasteiger partial charge < -0.3 is 4.74 Å². The van der Waals surface area contributed by atoms with Gasteiger partial charge in [0.05, 0.1) is 6.61 Å². The number of rotatable bonds is 2. The van der Waals surface area contributed by atoms with Gasteiger partial charge >= 0.3 is 0 Å². The van der Waals surface area contributed by atoms with E-state index in [1.807, 2.05) is 0 Å². The highest BCUT2D eigenvalue weighted by Crippen LogP contribution is 2.09. The summed E-state index contributed by atoms with van der Waals surface area (Å²) in [6.45, 7) is 2.05. The average Bonchev–Trinajstić information content (AvgIpc) is 2.10. The molecule has 0 aliphatic heterocycles. The van der Waals surface area contributed by atoms with Crippen LogP contribution in [0.25, 0.3) is 0 Å². The lowest BCUT2D eigenvalue weighted by Crippen LogP contribution is -2.05. The molecule has 0 fully saturated rings. The maximum absolute atomic E-state index is 12.7. The molecule has 4 heteroatoms. The predicted octanol–water partition coefficient (Wildman–Crippen LogP) is 2.33. The van der Waals surface area contributed by atoms with Crippen LogP contribution in [0.1, 0.15) is 12.5 Å². The van der Waals surface area contributed by atoms with Crippen LogP contribution < -0.4 is 0 Å². The molecular weight excluding hydrogens is 176 g/mol. The van der Waals surface area contributed by atoms with E-state index >= 15 is 0 Å². The maximum Gasteiger partial charge on any atom is 0.213 e. The molecule has 0 unspecified atom stereocenters. The van der Waals surface area contributed by atoms with E-state index in [9.17, 15) is 8.78 Å². The maximum atomic E-state index is 12.7. The Morgan fingerprint density at radius 1 is 1.38 bits per heavy atom. The molecule has 0 aliphatic carbocycles. The summed E-state index contributed by atoms with van der Waals surface area (Å²) < 4.78 is 29.9. The van der Waals surface area contributed by atoms with Crippen LogP contribution in [-0.2, 0) is 4.74 Å². The standard InChI is InChI=1S/C9H9F2NO/c1-2-13-9(12)6-3-4-7(10)8(11)5-6/h3-5,12H,2H2,1H3. The van der Waals surface area contributed by atoms with Crippen LogP contribution in [0.2, 0.25) is 0 Å². The van der Waals surface area contributed by atoms with Crippen LogP contribution in [0.4, 0.5) is 8.78 Å². The first-order valence-corrected chi connectivity index (χ1v) is 3.82. The molecule has 70 valence electrons. The second-order valence-electron chi connectivity index (χ2n) is 2.39. The van der Waals surface area contributed by atoms with Gasteiger partial charge in [-0.3, -0.25) is 5.41 Å². The van der Waals surface area contributed by atoms with E-state index in [2.05, 4.69) is 0 Å². The average molecular weight is 185 g/mol. The van der Waals surface area contributed by atoms with Gasteiger partial charge in [-0.1, -0.05) is 0 Å². The van der Waals surface area contributed by atoms with Crippen LogP contribution >= 0.6 is 0 Å². The molecule has 1 rings (SSSR count). The molecule has 0 aliphatic rings. The van der Waals surface area contributed by atoms with Gasteiger partial charge in [0.1, 0.15) is 0 Å². The molecule has 0 spiro atoms. The number of hydrogen-bond acceptors (Lipinski definition) is 2. The van der Waals surface area contributed by atoms with Crippen LogP contribution in [0.15, 0.2) is 18.2 Å². The van der Waals surface area contributed by atoms with E-state index in [1.165, 1.54) is 6.07 Å². The molecule has 2 nitrogen and oxygen atoms in total. The molecule has 1 aromatic rings. The minimum atomic E-state index is -0.970. The Kier molecular flexibility index (Phi) is 2.95. The Morgan fingerprint density at radius 3 is 2.62 bits per heavy atom. The van der Waals surface area contributed by atoms with Gasteiger partial charge in [-0.25, -0.2) is 8.78 Å². The van der Waals surface area contributed by atoms with Crippen molar-refractivity contribution in [2.75, 3.05) is 6.61 Å². The lowest BCUT2D eigenvalue weighted by Gasteiger charge is -2.04. The predicted molar refractivity (Wildman–Crippen MR) is 44.8 cm³/mol. The van der Waals surface area contributed by atoms with Gasteiger partial charge in [0.2, 0.25) is 5.90 Å². The summed E-state index contributed by atoms with van der Waals surface area (Å²) in [5, 5.41) is 7.29. The SMILES string of the molecule is CCOC(=N)c1ccc(F)c(F)c1. The van der Waals surface area contributed by atoms with Gasteiger partial charge in [-0.05, 0) is 25.1 Å². The molecule has 0 amide bonds. The topological polar surface area (TPSA) is 33.1 Å². The van der Waals surface area contributed by atoms with Gasteiger partial charge in [0, 0.05) is 5.56 Å². The molecular formula is C9H9F2NO. The monoisotopic (exact) mass is 185 g/mol. The first-order chi connectivity index (χ1) is 6.15. The first kappa shape index (κ1) is 9.64. The van der Waals surface area contributed by atoms with Crippen molar-refractivity contribution in [3.63, 3.8) is 0 Å². The van der Waals surface area contributed by atoms with Gasteiger partial charge in [0.25, 0.3) is 0 Å². The second kappa shape index (κ2) is 3.98. The number of ether oxygens (including phenoxy) is 1. The van der Waals surface area contributed by atoms with Crippen LogP contribution in [-0.4, -0.2) is 12.5 Å². The van der Waals surface area contributed by atoms with E-state index in [4.69, 9.17) is 10.1 Å². The zero-order valence-electron chi connectivity index (χ0n) is 7.10. The van der Waals surface area contributed by atoms with Crippen molar-refractivity contribution in [3.8, 4) is 0 Å². The molecule has 1 N–H and O–H groups in total. The third-order valence-electron chi connectivity index (χ3n) is 1.47. The zero-order valence-corrected chi connectivity index (χ0v) is 7.10. The molecule has 1 aromatic carbocycles. The summed E-state index contributed by atoms with van der Waals surface area (Å²) in [7, 11) is 0. The van der Waals surface area contributed by atoms with E-state index in [0.29, 0.717) is 6.61 Å². The third-order valence-corrected chi connectivity index (χ3v) is 1.47. The van der Waals surface area contributed by atoms with Gasteiger partial charge in [-0.2, -0.15) is 0 Å². The number of nitrogens with one attached hydrogen (secondary N) is 1. The van der Waals surface area contributed by atoms with E-state index in [-0.39, 0.29) is 11.5 Å². The lowest BCUT2D eigenvalue weighted by molar-refractivity contribution is 0.325. The number of hydrogen-bond donors (Lipinski definition) is 1. The molecule has 0 radical (unpaired) electrons. The second-order valence-corrected chi connectivity index (χ2v) is 2.39. The third kappa shape index (κ3) is 2.24. The normalized spacial score (nSPS) is 9.77. The Labute approximate surface area is 74.7 Å². The summed E-state index contributed by atoms with van der Waals surface area (Å²) in [5.41, 5.74) is 0.237. The van der Waals surface area contributed by atoms with Crippen molar-refractivity contribution in [2.45, 2.75) is 6.92 Å². The molecule has 0 saturated heterocycles. The largest absolute Gasteiger partial charge is 0.478 e. The number of benzene rings is 1. The van der Waals surface area contributed by atoms with Crippen molar-refractivity contribution >= 4 is 5.90 Å². The molecule has 0 heterocycles. The fourth-order valence-electron chi connectivity index (χ4n) is 0.865. The highest BCUT2D eigenvalue weighted by Gasteiger charge is 2.06. The van der Waals surface area contributed by atoms with Crippen molar-refractivity contribution in [2.24, 2.45) is 0 Å². The highest BCUT2D eigenvalue weighted by atomic mass is 19.2. The Morgan fingerprint density at radius 2 is 2.08 bits per heavy atom. The summed E-state index contributed by atoms with van der Waals surface area (Å²) in [4.78, 5) is 0. The molecule has 0 atom stereocenters. The lowest BCUT2D eigenvalue weighted by atomic mass is 10.2. The quantitative estimate of drug-likeness (QED) is 0.556. The Bertz CT molecular complexity index is 325. The van der Waals surface area contributed by atoms with Crippen molar-refractivity contribution in [3.05, 3.63) is 35.4 Å². The van der Waals surface area contributed by atoms with Crippen molar-refractivity contribution in [1.29, 1.82) is 5.41 Å². The van der Waals surface area contributed by atoms with E-state index in [1.54, 1.807) is 6.92 Å². The molecule has 0 bridgehead atoms. The van der Waals surface area contributed by atoms with Gasteiger partial charge in [0.15, 0.2) is 11.6 Å². The smallest absolute Gasteiger partial charge is 0.213 e. The van der Waals surface area contributed by atoms with E-state index in [0.717, 1.165) is 12.1 Å². The first-order valence-electron chi connectivity index (χ1n) is 3.82. The Balaban J connectivity index is 2.90. The summed E-state index contributed by atoms with van der Waals surface area (Å²) in [5.74, 6) is -2.04. The molecule has 13 heavy (non-hydrogen) atoms. The van der Waals surface area contributed by atoms with Crippen molar-refractivity contribution < 1.29 is 13.5 Å². The van der Waals surface area contributed by atoms with Crippen molar-refractivity contribution in [1.82, 2.24) is 0 Å². The fourth-order valence-corrected chi connectivity index (χ4v) is 0.865. The summed E-state index contributed by atoms with van der Waals surface area (Å²) in [6.07, 6.45) is 0. The van der Waals surface area contributed by atoms with Crippen LogP contribution in [0, 0.1) is 17.0 Å². The minimum Gasteiger partial charge on any atom is -0.478 e. The highest BCUT2D eigenvalue weighted by molar-refractivity contribution is 5.91. The van der Waals surface area contributed by atoms with Crippen LogP contribution in [0.3, 0.4) is 0 Å². The minimum absolute atomic E-state index is 0.151. The van der Waals surface area contributed by atoms with Gasteiger partial charge in [-0.15, -0.1) is 0 Å². The fraction of sp³-hybridized carbons (Fsp3) is 0.222. The van der Waals surface area contributed by atoms with E-state index < -0.39 is 11.6 Å². The summed E-state index contributed by atoms with van der Waals surface area (Å²) >= 11 is 0. The summed E-state index contributed by atoms with van der Waals surface area (Å²) in [6, 6.07) is 3.21.